The van der Waals surface area contributed by atoms with E-state index in [2.05, 4.69) is 10.1 Å². The van der Waals surface area contributed by atoms with Crippen molar-refractivity contribution in [1.82, 2.24) is 14.8 Å². The monoisotopic (exact) mass is 478 g/mol. The number of hydrogen-bond donors (Lipinski definition) is 0. The topological polar surface area (TPSA) is 77.3 Å². The number of amides is 1. The van der Waals surface area contributed by atoms with Gasteiger partial charge in [-0.25, -0.2) is 0 Å². The third kappa shape index (κ3) is 4.42. The largest absolute Gasteiger partial charge is 0.495 e. The maximum Gasteiger partial charge on any atom is 0.276 e. The normalized spacial score (nSPS) is 15.3. The van der Waals surface area contributed by atoms with Crippen molar-refractivity contribution in [2.45, 2.75) is 19.4 Å². The second kappa shape index (κ2) is 9.30. The van der Waals surface area contributed by atoms with Crippen molar-refractivity contribution in [2.24, 2.45) is 0 Å². The van der Waals surface area contributed by atoms with Gasteiger partial charge in [-0.05, 0) is 31.2 Å². The molecule has 0 saturated heterocycles. The van der Waals surface area contributed by atoms with Crippen LogP contribution in [0.5, 0.6) is 5.75 Å². The van der Waals surface area contributed by atoms with Crippen LogP contribution in [0, 0.1) is 0 Å². The fourth-order valence-electron chi connectivity index (χ4n) is 3.48. The van der Waals surface area contributed by atoms with Crippen molar-refractivity contribution in [2.75, 3.05) is 18.6 Å². The number of anilines is 1. The first-order chi connectivity index (χ1) is 14.4. The van der Waals surface area contributed by atoms with Gasteiger partial charge in [-0.15, -0.1) is 0 Å². The molecule has 31 heavy (non-hydrogen) atoms. The number of methoxy groups -OCH3 is 1. The van der Waals surface area contributed by atoms with Gasteiger partial charge < -0.3 is 9.64 Å². The summed E-state index contributed by atoms with van der Waals surface area (Å²) < 4.78 is 6.80. The molecule has 0 aliphatic carbocycles. The van der Waals surface area contributed by atoms with E-state index in [9.17, 15) is 9.59 Å². The average molecular weight is 479 g/mol. The van der Waals surface area contributed by atoms with Crippen molar-refractivity contribution in [3.63, 3.8) is 0 Å². The standard InChI is InChI=1S/C21H18Cl2N4O3.H2S/c1-12-11-26(15-3-4-17(22)18(23)7-15)21(29)20-14(9-25-27(12)20)6-19(28)13-5-16(30-2)10-24-8-13;/h3-5,7-10,12H,6,11H2,1-2H3;1H2/t12-;/m0./s1. The van der Waals surface area contributed by atoms with Gasteiger partial charge in [0.25, 0.3) is 5.91 Å². The summed E-state index contributed by atoms with van der Waals surface area (Å²) in [6.45, 7) is 2.39. The highest BCUT2D eigenvalue weighted by atomic mass is 35.5. The van der Waals surface area contributed by atoms with E-state index >= 15 is 0 Å². The number of rotatable bonds is 5. The zero-order valence-electron chi connectivity index (χ0n) is 16.8. The summed E-state index contributed by atoms with van der Waals surface area (Å²) in [4.78, 5) is 31.8. The number of carbonyl (C=O) groups excluding carboxylic acids is 2. The minimum Gasteiger partial charge on any atom is -0.495 e. The summed E-state index contributed by atoms with van der Waals surface area (Å²) in [5.74, 6) is 0.0771. The Morgan fingerprint density at radius 3 is 2.68 bits per heavy atom. The molecule has 0 bridgehead atoms. The summed E-state index contributed by atoms with van der Waals surface area (Å²) in [5, 5.41) is 5.15. The Kier molecular flexibility index (Phi) is 6.93. The number of nitrogens with zero attached hydrogens (tertiary/aromatic N) is 4. The smallest absolute Gasteiger partial charge is 0.276 e. The minimum atomic E-state index is -0.240. The number of ether oxygens (including phenoxy) is 1. The zero-order chi connectivity index (χ0) is 21.4. The molecule has 162 valence electrons. The van der Waals surface area contributed by atoms with Gasteiger partial charge in [-0.3, -0.25) is 19.3 Å². The maximum absolute atomic E-state index is 13.3. The Balaban J connectivity index is 0.00000272. The van der Waals surface area contributed by atoms with Gasteiger partial charge in [0.15, 0.2) is 5.78 Å². The molecule has 1 aliphatic heterocycles. The highest BCUT2D eigenvalue weighted by molar-refractivity contribution is 7.59. The molecule has 4 rings (SSSR count). The highest BCUT2D eigenvalue weighted by Crippen LogP contribution is 2.32. The van der Waals surface area contributed by atoms with Crippen LogP contribution in [0.4, 0.5) is 5.69 Å². The van der Waals surface area contributed by atoms with Gasteiger partial charge >= 0.3 is 0 Å². The molecule has 0 N–H and O–H groups in total. The number of ketones is 1. The number of carbonyl (C=O) groups is 2. The molecular weight excluding hydrogens is 459 g/mol. The van der Waals surface area contributed by atoms with Crippen molar-refractivity contribution in [1.29, 1.82) is 0 Å². The number of benzene rings is 1. The van der Waals surface area contributed by atoms with Gasteiger partial charge in [0.1, 0.15) is 11.4 Å². The van der Waals surface area contributed by atoms with Crippen LogP contribution >= 0.6 is 36.7 Å². The van der Waals surface area contributed by atoms with E-state index in [-0.39, 0.29) is 37.6 Å². The Morgan fingerprint density at radius 2 is 1.97 bits per heavy atom. The summed E-state index contributed by atoms with van der Waals surface area (Å²) in [7, 11) is 1.51. The predicted molar refractivity (Wildman–Crippen MR) is 124 cm³/mol. The Bertz CT molecular complexity index is 1150. The third-order valence-corrected chi connectivity index (χ3v) is 5.76. The van der Waals surface area contributed by atoms with Gasteiger partial charge in [-0.2, -0.15) is 18.6 Å². The predicted octanol–water partition coefficient (Wildman–Crippen LogP) is 4.35. The molecule has 10 heteroatoms. The Hall–Kier alpha value is -2.55. The maximum atomic E-state index is 13.3. The fourth-order valence-corrected chi connectivity index (χ4v) is 3.78. The summed E-state index contributed by atoms with van der Waals surface area (Å²) in [6, 6.07) is 6.61. The van der Waals surface area contributed by atoms with Crippen molar-refractivity contribution < 1.29 is 14.3 Å². The molecule has 3 heterocycles. The van der Waals surface area contributed by atoms with Crippen LogP contribution in [0.25, 0.3) is 0 Å². The number of fused-ring (bicyclic) bond motifs is 1. The second-order valence-corrected chi connectivity index (χ2v) is 7.85. The van der Waals surface area contributed by atoms with Crippen molar-refractivity contribution >= 4 is 54.1 Å². The molecule has 1 amide bonds. The van der Waals surface area contributed by atoms with E-state index in [4.69, 9.17) is 27.9 Å². The van der Waals surface area contributed by atoms with E-state index in [1.807, 2.05) is 6.92 Å². The molecule has 0 spiro atoms. The summed E-state index contributed by atoms with van der Waals surface area (Å²) in [6.07, 6.45) is 4.61. The molecule has 0 unspecified atom stereocenters. The highest BCUT2D eigenvalue weighted by Gasteiger charge is 2.34. The molecular formula is C21H20Cl2N4O3S. The lowest BCUT2D eigenvalue weighted by Crippen LogP contribution is -2.43. The van der Waals surface area contributed by atoms with E-state index in [1.54, 1.807) is 40.0 Å². The first-order valence-corrected chi connectivity index (χ1v) is 10.00. The minimum absolute atomic E-state index is 0. The van der Waals surface area contributed by atoms with E-state index in [0.29, 0.717) is 44.8 Å². The number of hydrogen-bond acceptors (Lipinski definition) is 5. The lowest BCUT2D eigenvalue weighted by atomic mass is 10.0. The van der Waals surface area contributed by atoms with Crippen molar-refractivity contribution in [3.8, 4) is 5.75 Å². The number of pyridine rings is 1. The number of halogens is 2. The number of Topliss-reactive ketones (excluding diaryl/α,β-unsaturated/α-hetero) is 1. The first kappa shape index (κ1) is 23.1. The van der Waals surface area contributed by atoms with Gasteiger partial charge in [0, 0.05) is 36.0 Å². The van der Waals surface area contributed by atoms with Gasteiger partial charge in [0.05, 0.1) is 35.6 Å². The van der Waals surface area contributed by atoms with Crippen molar-refractivity contribution in [3.05, 3.63) is 69.7 Å². The van der Waals surface area contributed by atoms with Crippen LogP contribution in [0.2, 0.25) is 10.0 Å². The van der Waals surface area contributed by atoms with Crippen LogP contribution in [0.1, 0.15) is 39.4 Å². The van der Waals surface area contributed by atoms with Crippen LogP contribution in [-0.2, 0) is 6.42 Å². The molecule has 1 aliphatic rings. The molecule has 1 atom stereocenters. The van der Waals surface area contributed by atoms with Crippen LogP contribution in [0.15, 0.2) is 42.9 Å². The molecule has 0 fully saturated rings. The van der Waals surface area contributed by atoms with E-state index in [1.165, 1.54) is 19.5 Å². The molecule has 1 aromatic carbocycles. The van der Waals surface area contributed by atoms with Gasteiger partial charge in [0.2, 0.25) is 0 Å². The molecule has 0 saturated carbocycles. The SMILES string of the molecule is COc1cncc(C(=O)Cc2cnn3c2C(=O)N(c2ccc(Cl)c(Cl)c2)C[C@@H]3C)c1.S. The zero-order valence-corrected chi connectivity index (χ0v) is 19.3. The average Bonchev–Trinajstić information content (AvgIpc) is 3.17. The van der Waals surface area contributed by atoms with E-state index < -0.39 is 0 Å². The summed E-state index contributed by atoms with van der Waals surface area (Å²) in [5.41, 5.74) is 2.00. The lowest BCUT2D eigenvalue weighted by molar-refractivity contribution is 0.0951. The van der Waals surface area contributed by atoms with E-state index in [0.717, 1.165) is 0 Å². The molecule has 7 nitrogen and oxygen atoms in total. The fraction of sp³-hybridized carbons (Fsp3) is 0.238. The quantitative estimate of drug-likeness (QED) is 0.509. The molecule has 2 aromatic heterocycles. The summed E-state index contributed by atoms with van der Waals surface area (Å²) >= 11 is 12.2. The lowest BCUT2D eigenvalue weighted by Gasteiger charge is -2.32. The number of aromatic nitrogens is 3. The molecule has 0 radical (unpaired) electrons. The van der Waals surface area contributed by atoms with Crippen LogP contribution in [-0.4, -0.2) is 40.1 Å². The first-order valence-electron chi connectivity index (χ1n) is 9.24. The van der Waals surface area contributed by atoms with Gasteiger partial charge in [-0.1, -0.05) is 23.2 Å². The van der Waals surface area contributed by atoms with Crippen LogP contribution < -0.4 is 9.64 Å². The Morgan fingerprint density at radius 1 is 1.19 bits per heavy atom. The Labute approximate surface area is 196 Å². The third-order valence-electron chi connectivity index (χ3n) is 5.02. The second-order valence-electron chi connectivity index (χ2n) is 7.04. The van der Waals surface area contributed by atoms with Crippen LogP contribution in [0.3, 0.4) is 0 Å². The molecule has 3 aromatic rings.